The highest BCUT2D eigenvalue weighted by atomic mass is 19.1. The summed E-state index contributed by atoms with van der Waals surface area (Å²) in [6.07, 6.45) is 2.87. The number of fused-ring (bicyclic) bond motifs is 1. The van der Waals surface area contributed by atoms with Crippen LogP contribution in [0.15, 0.2) is 54.7 Å². The molecule has 2 saturated heterocycles. The summed E-state index contributed by atoms with van der Waals surface area (Å²) >= 11 is 0. The van der Waals surface area contributed by atoms with E-state index in [9.17, 15) is 14.0 Å². The summed E-state index contributed by atoms with van der Waals surface area (Å²) in [4.78, 5) is 34.7. The minimum Gasteiger partial charge on any atom is -0.366 e. The molecule has 0 spiro atoms. The molecule has 2 aliphatic heterocycles. The molecule has 31 heavy (non-hydrogen) atoms. The fourth-order valence-electron chi connectivity index (χ4n) is 4.72. The molecule has 1 atom stereocenters. The number of hydrogen-bond acceptors (Lipinski definition) is 3. The van der Waals surface area contributed by atoms with Crippen LogP contribution in [0, 0.1) is 5.82 Å². The maximum atomic E-state index is 14.1. The number of halogens is 1. The van der Waals surface area contributed by atoms with Crippen molar-refractivity contribution < 1.29 is 14.0 Å². The normalized spacial score (nSPS) is 19.5. The second-order valence-corrected chi connectivity index (χ2v) is 8.20. The van der Waals surface area contributed by atoms with Crippen molar-refractivity contribution in [3.05, 3.63) is 66.1 Å². The van der Waals surface area contributed by atoms with Gasteiger partial charge in [0.25, 0.3) is 0 Å². The highest BCUT2D eigenvalue weighted by Crippen LogP contribution is 2.27. The first kappa shape index (κ1) is 19.6. The third kappa shape index (κ3) is 3.65. The van der Waals surface area contributed by atoms with E-state index >= 15 is 0 Å². The van der Waals surface area contributed by atoms with Crippen molar-refractivity contribution in [1.82, 2.24) is 14.8 Å². The molecule has 1 aromatic heterocycles. The summed E-state index contributed by atoms with van der Waals surface area (Å²) in [5.41, 5.74) is 2.62. The Bertz CT molecular complexity index is 1120. The minimum atomic E-state index is -0.429. The van der Waals surface area contributed by atoms with Crippen LogP contribution in [-0.4, -0.2) is 58.8 Å². The number of carbonyl (C=O) groups is 2. The molecule has 0 aliphatic carbocycles. The highest BCUT2D eigenvalue weighted by Gasteiger charge is 2.39. The van der Waals surface area contributed by atoms with E-state index < -0.39 is 6.04 Å². The van der Waals surface area contributed by atoms with Crippen LogP contribution in [0.2, 0.25) is 0 Å². The van der Waals surface area contributed by atoms with E-state index in [0.717, 1.165) is 16.5 Å². The van der Waals surface area contributed by atoms with Crippen molar-refractivity contribution in [2.45, 2.75) is 25.4 Å². The van der Waals surface area contributed by atoms with Crippen molar-refractivity contribution >= 4 is 28.4 Å². The summed E-state index contributed by atoms with van der Waals surface area (Å²) in [6.45, 7) is 2.64. The molecule has 0 saturated carbocycles. The average Bonchev–Trinajstić information content (AvgIpc) is 3.38. The summed E-state index contributed by atoms with van der Waals surface area (Å²) in [5, 5.41) is 1.08. The van der Waals surface area contributed by atoms with Crippen LogP contribution in [0.3, 0.4) is 0 Å². The fourth-order valence-corrected chi connectivity index (χ4v) is 4.72. The molecule has 2 aromatic carbocycles. The predicted molar refractivity (Wildman–Crippen MR) is 117 cm³/mol. The summed E-state index contributed by atoms with van der Waals surface area (Å²) in [5.74, 6) is -0.221. The molecular weight excluding hydrogens is 395 g/mol. The summed E-state index contributed by atoms with van der Waals surface area (Å²) in [6, 6.07) is 14.3. The van der Waals surface area contributed by atoms with Gasteiger partial charge in [-0.25, -0.2) is 4.39 Å². The third-order valence-corrected chi connectivity index (χ3v) is 6.41. The van der Waals surface area contributed by atoms with E-state index in [1.165, 1.54) is 6.07 Å². The fraction of sp³-hybridized carbons (Fsp3) is 0.333. The number of nitrogens with one attached hydrogen (secondary N) is 1. The number of hydrogen-bond donors (Lipinski definition) is 1. The van der Waals surface area contributed by atoms with E-state index in [-0.39, 0.29) is 17.6 Å². The summed E-state index contributed by atoms with van der Waals surface area (Å²) < 4.78 is 14.1. The Morgan fingerprint density at radius 3 is 2.58 bits per heavy atom. The van der Waals surface area contributed by atoms with Gasteiger partial charge in [-0.05, 0) is 30.2 Å². The first-order valence-electron chi connectivity index (χ1n) is 10.7. The SMILES string of the molecule is O=C(C1CCC(=O)N1Cc1c[nH]c2ccccc12)N1CCN(c2ccccc2F)CC1. The van der Waals surface area contributed by atoms with Crippen molar-refractivity contribution in [3.63, 3.8) is 0 Å². The van der Waals surface area contributed by atoms with E-state index in [2.05, 4.69) is 4.98 Å². The monoisotopic (exact) mass is 420 g/mol. The predicted octanol–water partition coefficient (Wildman–Crippen LogP) is 3.15. The molecule has 3 heterocycles. The van der Waals surface area contributed by atoms with Gasteiger partial charge in [-0.1, -0.05) is 30.3 Å². The lowest BCUT2D eigenvalue weighted by molar-refractivity contribution is -0.142. The van der Waals surface area contributed by atoms with Gasteiger partial charge in [-0.3, -0.25) is 9.59 Å². The molecule has 3 aromatic rings. The number of piperazine rings is 1. The Morgan fingerprint density at radius 2 is 1.77 bits per heavy atom. The van der Waals surface area contributed by atoms with Crippen molar-refractivity contribution in [3.8, 4) is 0 Å². The number of anilines is 1. The molecule has 160 valence electrons. The number of likely N-dealkylation sites (tertiary alicyclic amines) is 1. The molecule has 1 N–H and O–H groups in total. The van der Waals surface area contributed by atoms with Crippen LogP contribution in [0.1, 0.15) is 18.4 Å². The Morgan fingerprint density at radius 1 is 1.03 bits per heavy atom. The molecule has 2 aliphatic rings. The van der Waals surface area contributed by atoms with Gasteiger partial charge in [0.15, 0.2) is 0 Å². The molecule has 0 bridgehead atoms. The first-order valence-corrected chi connectivity index (χ1v) is 10.7. The molecule has 7 heteroatoms. The number of rotatable bonds is 4. The molecule has 6 nitrogen and oxygen atoms in total. The van der Waals surface area contributed by atoms with Crippen LogP contribution in [0.5, 0.6) is 0 Å². The van der Waals surface area contributed by atoms with E-state index in [1.54, 1.807) is 17.0 Å². The second kappa shape index (κ2) is 8.06. The molecule has 1 unspecified atom stereocenters. The lowest BCUT2D eigenvalue weighted by Crippen LogP contribution is -2.54. The Labute approximate surface area is 180 Å². The maximum Gasteiger partial charge on any atom is 0.245 e. The van der Waals surface area contributed by atoms with E-state index in [4.69, 9.17) is 0 Å². The minimum absolute atomic E-state index is 0.00104. The molecule has 5 rings (SSSR count). The van der Waals surface area contributed by atoms with Gasteiger partial charge < -0.3 is 19.7 Å². The molecular formula is C24H25FN4O2. The number of aromatic nitrogens is 1. The number of H-pyrrole nitrogens is 1. The average molecular weight is 420 g/mol. The number of benzene rings is 2. The number of amides is 2. The Kier molecular flexibility index (Phi) is 5.10. The Hall–Kier alpha value is -3.35. The van der Waals surface area contributed by atoms with Gasteiger partial charge in [-0.2, -0.15) is 0 Å². The standard InChI is InChI=1S/C24H25FN4O2/c25-19-6-2-4-8-21(19)27-11-13-28(14-12-27)24(31)22-9-10-23(30)29(22)16-17-15-26-20-7-3-1-5-18(17)20/h1-8,15,22,26H,9-14,16H2. The van der Waals surface area contributed by atoms with Gasteiger partial charge >= 0.3 is 0 Å². The van der Waals surface area contributed by atoms with Crippen molar-refractivity contribution in [2.24, 2.45) is 0 Å². The second-order valence-electron chi connectivity index (χ2n) is 8.20. The van der Waals surface area contributed by atoms with Crippen LogP contribution in [-0.2, 0) is 16.1 Å². The maximum absolute atomic E-state index is 14.1. The number of nitrogens with zero attached hydrogens (tertiary/aromatic N) is 3. The van der Waals surface area contributed by atoms with Gasteiger partial charge in [0.2, 0.25) is 11.8 Å². The van der Waals surface area contributed by atoms with Crippen LogP contribution in [0.25, 0.3) is 10.9 Å². The van der Waals surface area contributed by atoms with Crippen LogP contribution >= 0.6 is 0 Å². The van der Waals surface area contributed by atoms with Gasteiger partial charge in [0.05, 0.1) is 5.69 Å². The number of carbonyl (C=O) groups excluding carboxylic acids is 2. The Balaban J connectivity index is 1.27. The van der Waals surface area contributed by atoms with E-state index in [0.29, 0.717) is 51.3 Å². The lowest BCUT2D eigenvalue weighted by atomic mass is 10.1. The zero-order valence-electron chi connectivity index (χ0n) is 17.3. The van der Waals surface area contributed by atoms with Gasteiger partial charge in [-0.15, -0.1) is 0 Å². The third-order valence-electron chi connectivity index (χ3n) is 6.41. The first-order chi connectivity index (χ1) is 15.1. The summed E-state index contributed by atoms with van der Waals surface area (Å²) in [7, 11) is 0. The molecule has 2 amide bonds. The quantitative estimate of drug-likeness (QED) is 0.706. The topological polar surface area (TPSA) is 59.7 Å². The van der Waals surface area contributed by atoms with E-state index in [1.807, 2.05) is 46.3 Å². The number of aromatic amines is 1. The smallest absolute Gasteiger partial charge is 0.245 e. The van der Waals surface area contributed by atoms with Gasteiger partial charge in [0.1, 0.15) is 11.9 Å². The van der Waals surface area contributed by atoms with Crippen molar-refractivity contribution in [1.29, 1.82) is 0 Å². The molecule has 0 radical (unpaired) electrons. The number of para-hydroxylation sites is 2. The zero-order chi connectivity index (χ0) is 21.4. The highest BCUT2D eigenvalue weighted by molar-refractivity contribution is 5.91. The van der Waals surface area contributed by atoms with Crippen molar-refractivity contribution in [2.75, 3.05) is 31.1 Å². The van der Waals surface area contributed by atoms with Crippen LogP contribution in [0.4, 0.5) is 10.1 Å². The van der Waals surface area contributed by atoms with Gasteiger partial charge in [0, 0.05) is 56.2 Å². The van der Waals surface area contributed by atoms with Crippen LogP contribution < -0.4 is 4.90 Å². The largest absolute Gasteiger partial charge is 0.366 e. The lowest BCUT2D eigenvalue weighted by Gasteiger charge is -2.38. The molecule has 2 fully saturated rings. The zero-order valence-corrected chi connectivity index (χ0v) is 17.3.